The molecule has 2 rings (SSSR count). The number of hydrogen-bond acceptors (Lipinski definition) is 2. The lowest BCUT2D eigenvalue weighted by Crippen LogP contribution is -2.13. The van der Waals surface area contributed by atoms with Gasteiger partial charge >= 0.3 is 0 Å². The zero-order valence-electron chi connectivity index (χ0n) is 9.16. The van der Waals surface area contributed by atoms with E-state index in [9.17, 15) is 9.18 Å². The molecule has 0 spiro atoms. The molecule has 0 amide bonds. The number of pyridine rings is 1. The maximum atomic E-state index is 13.4. The molecule has 1 aromatic carbocycles. The predicted molar refractivity (Wildman–Crippen MR) is 76.0 cm³/mol. The normalized spacial score (nSPS) is 10.6. The molecule has 0 unspecified atom stereocenters. The van der Waals surface area contributed by atoms with Gasteiger partial charge in [0.1, 0.15) is 5.82 Å². The van der Waals surface area contributed by atoms with Crippen LogP contribution >= 0.6 is 31.9 Å². The van der Waals surface area contributed by atoms with Crippen molar-refractivity contribution >= 4 is 37.5 Å². The summed E-state index contributed by atoms with van der Waals surface area (Å²) < 4.78 is 15.9. The van der Waals surface area contributed by atoms with Gasteiger partial charge < -0.3 is 10.3 Å². The van der Waals surface area contributed by atoms with Crippen molar-refractivity contribution in [3.8, 4) is 0 Å². The van der Waals surface area contributed by atoms with Crippen molar-refractivity contribution in [1.29, 1.82) is 0 Å². The van der Waals surface area contributed by atoms with Gasteiger partial charge in [-0.25, -0.2) is 4.39 Å². The summed E-state index contributed by atoms with van der Waals surface area (Å²) >= 11 is 6.34. The van der Waals surface area contributed by atoms with Crippen LogP contribution < -0.4 is 11.2 Å². The number of halogens is 3. The summed E-state index contributed by atoms with van der Waals surface area (Å²) in [4.78, 5) is 11.4. The Bertz CT molecular complexity index is 629. The summed E-state index contributed by atoms with van der Waals surface area (Å²) in [6.45, 7) is 0.418. The fourth-order valence-electron chi connectivity index (χ4n) is 1.58. The Hall–Kier alpha value is -1.14. The van der Waals surface area contributed by atoms with Crippen molar-refractivity contribution in [3.63, 3.8) is 0 Å². The van der Waals surface area contributed by atoms with Crippen LogP contribution in [0, 0.1) is 5.82 Å². The molecule has 18 heavy (non-hydrogen) atoms. The second-order valence-electron chi connectivity index (χ2n) is 3.78. The van der Waals surface area contributed by atoms with E-state index < -0.39 is 0 Å². The topological polar surface area (TPSA) is 48.0 Å². The molecule has 3 nitrogen and oxygen atoms in total. The van der Waals surface area contributed by atoms with Crippen molar-refractivity contribution in [2.24, 2.45) is 0 Å². The summed E-state index contributed by atoms with van der Waals surface area (Å²) in [5.41, 5.74) is 6.27. The number of aromatic nitrogens is 1. The second-order valence-corrected chi connectivity index (χ2v) is 5.42. The van der Waals surface area contributed by atoms with Crippen LogP contribution in [0.25, 0.3) is 0 Å². The van der Waals surface area contributed by atoms with Gasteiger partial charge in [-0.1, -0.05) is 12.1 Å². The number of anilines is 1. The monoisotopic (exact) mass is 374 g/mol. The Morgan fingerprint density at radius 3 is 2.67 bits per heavy atom. The Balaban J connectivity index is 2.40. The van der Waals surface area contributed by atoms with Crippen LogP contribution in [0.5, 0.6) is 0 Å². The van der Waals surface area contributed by atoms with Gasteiger partial charge in [0, 0.05) is 18.9 Å². The van der Waals surface area contributed by atoms with E-state index in [0.29, 0.717) is 15.5 Å². The lowest BCUT2D eigenvalue weighted by molar-refractivity contribution is 0.615. The lowest BCUT2D eigenvalue weighted by Gasteiger charge is -2.10. The SMILES string of the molecule is Nc1cn(Cc2cccc(F)c2Br)cc(Br)c1=O. The zero-order valence-corrected chi connectivity index (χ0v) is 12.3. The molecule has 0 aliphatic carbocycles. The number of rotatable bonds is 2. The Labute approximate surface area is 120 Å². The number of nitrogen functional groups attached to an aromatic ring is 1. The highest BCUT2D eigenvalue weighted by molar-refractivity contribution is 9.10. The molecule has 6 heteroatoms. The molecule has 2 N–H and O–H groups in total. The van der Waals surface area contributed by atoms with Gasteiger partial charge in [-0.15, -0.1) is 0 Å². The van der Waals surface area contributed by atoms with E-state index in [1.807, 2.05) is 0 Å². The molecule has 0 atom stereocenters. The van der Waals surface area contributed by atoms with E-state index in [4.69, 9.17) is 5.73 Å². The first-order chi connectivity index (χ1) is 8.49. The van der Waals surface area contributed by atoms with E-state index in [-0.39, 0.29) is 16.9 Å². The minimum atomic E-state index is -0.319. The lowest BCUT2D eigenvalue weighted by atomic mass is 10.2. The molecular weight excluding hydrogens is 367 g/mol. The average molecular weight is 376 g/mol. The Morgan fingerprint density at radius 1 is 1.28 bits per heavy atom. The minimum Gasteiger partial charge on any atom is -0.394 e. The largest absolute Gasteiger partial charge is 0.394 e. The zero-order chi connectivity index (χ0) is 13.3. The van der Waals surface area contributed by atoms with Gasteiger partial charge in [-0.2, -0.15) is 0 Å². The molecule has 0 fully saturated rings. The standard InChI is InChI=1S/C12H9Br2FN2O/c13-8-5-17(6-10(16)12(8)18)4-7-2-1-3-9(15)11(7)14/h1-3,5-6H,4,16H2. The van der Waals surface area contributed by atoms with Gasteiger partial charge in [0.15, 0.2) is 0 Å². The third-order valence-electron chi connectivity index (χ3n) is 2.45. The highest BCUT2D eigenvalue weighted by Crippen LogP contribution is 2.21. The van der Waals surface area contributed by atoms with E-state index in [1.54, 1.807) is 22.9 Å². The van der Waals surface area contributed by atoms with Crippen LogP contribution in [0.15, 0.2) is 44.3 Å². The molecule has 0 aliphatic heterocycles. The number of nitrogens with two attached hydrogens (primary N) is 1. The first-order valence-corrected chi connectivity index (χ1v) is 6.65. The van der Waals surface area contributed by atoms with E-state index in [1.165, 1.54) is 12.3 Å². The van der Waals surface area contributed by atoms with Crippen molar-refractivity contribution in [1.82, 2.24) is 4.57 Å². The van der Waals surface area contributed by atoms with Crippen LogP contribution in [-0.4, -0.2) is 4.57 Å². The van der Waals surface area contributed by atoms with Crippen molar-refractivity contribution in [3.05, 3.63) is 61.1 Å². The quantitative estimate of drug-likeness (QED) is 0.876. The maximum absolute atomic E-state index is 13.4. The molecule has 0 saturated heterocycles. The van der Waals surface area contributed by atoms with Crippen LogP contribution in [-0.2, 0) is 6.54 Å². The molecule has 94 valence electrons. The molecule has 1 aromatic heterocycles. The summed E-state index contributed by atoms with van der Waals surface area (Å²) in [6, 6.07) is 4.81. The number of hydrogen-bond donors (Lipinski definition) is 1. The van der Waals surface area contributed by atoms with E-state index in [2.05, 4.69) is 31.9 Å². The Kier molecular flexibility index (Phi) is 3.87. The third kappa shape index (κ3) is 2.64. The fourth-order valence-corrected chi connectivity index (χ4v) is 2.46. The van der Waals surface area contributed by atoms with Gasteiger partial charge in [-0.05, 0) is 43.5 Å². The van der Waals surface area contributed by atoms with Crippen molar-refractivity contribution in [2.45, 2.75) is 6.54 Å². The van der Waals surface area contributed by atoms with Gasteiger partial charge in [0.2, 0.25) is 5.43 Å². The van der Waals surface area contributed by atoms with E-state index in [0.717, 1.165) is 5.56 Å². The first kappa shape index (κ1) is 13.3. The molecule has 0 radical (unpaired) electrons. The van der Waals surface area contributed by atoms with Gasteiger partial charge in [0.25, 0.3) is 0 Å². The minimum absolute atomic E-state index is 0.150. The summed E-state index contributed by atoms with van der Waals surface area (Å²) in [7, 11) is 0. The highest BCUT2D eigenvalue weighted by atomic mass is 79.9. The smallest absolute Gasteiger partial charge is 0.218 e. The Morgan fingerprint density at radius 2 is 2.00 bits per heavy atom. The van der Waals surface area contributed by atoms with Crippen LogP contribution in [0.1, 0.15) is 5.56 Å². The van der Waals surface area contributed by atoms with Gasteiger partial charge in [0.05, 0.1) is 14.6 Å². The summed E-state index contributed by atoms with van der Waals surface area (Å²) in [5, 5.41) is 0. The molecule has 0 saturated carbocycles. The van der Waals surface area contributed by atoms with Crippen LogP contribution in [0.4, 0.5) is 10.1 Å². The maximum Gasteiger partial charge on any atom is 0.218 e. The van der Waals surface area contributed by atoms with Crippen LogP contribution in [0.2, 0.25) is 0 Å². The molecule has 0 bridgehead atoms. The van der Waals surface area contributed by atoms with Crippen molar-refractivity contribution in [2.75, 3.05) is 5.73 Å². The molecule has 1 heterocycles. The summed E-state index contributed by atoms with van der Waals surface area (Å²) in [5.74, 6) is -0.319. The molecule has 2 aromatic rings. The summed E-state index contributed by atoms with van der Waals surface area (Å²) in [6.07, 6.45) is 3.15. The predicted octanol–water partition coefficient (Wildman–Crippen LogP) is 3.14. The fraction of sp³-hybridized carbons (Fsp3) is 0.0833. The number of nitrogens with zero attached hydrogens (tertiary/aromatic N) is 1. The second kappa shape index (κ2) is 5.24. The van der Waals surface area contributed by atoms with Gasteiger partial charge in [-0.3, -0.25) is 4.79 Å². The van der Waals surface area contributed by atoms with Crippen molar-refractivity contribution < 1.29 is 4.39 Å². The third-order valence-corrected chi connectivity index (χ3v) is 3.90. The van der Waals surface area contributed by atoms with Crippen LogP contribution in [0.3, 0.4) is 0 Å². The first-order valence-electron chi connectivity index (χ1n) is 5.07. The number of benzene rings is 1. The average Bonchev–Trinajstić information content (AvgIpc) is 2.32. The van der Waals surface area contributed by atoms with E-state index >= 15 is 0 Å². The molecule has 0 aliphatic rings. The highest BCUT2D eigenvalue weighted by Gasteiger charge is 2.07. The molecular formula is C12H9Br2FN2O.